The molecule has 3 N–H and O–H groups in total. The third-order valence-electron chi connectivity index (χ3n) is 6.83. The van der Waals surface area contributed by atoms with Crippen molar-refractivity contribution in [2.75, 3.05) is 13.1 Å². The van der Waals surface area contributed by atoms with Crippen molar-refractivity contribution in [3.8, 4) is 17.2 Å². The van der Waals surface area contributed by atoms with Crippen LogP contribution >= 0.6 is 0 Å². The number of ether oxygens (including phenoxy) is 1. The van der Waals surface area contributed by atoms with Gasteiger partial charge >= 0.3 is 18.1 Å². The van der Waals surface area contributed by atoms with Gasteiger partial charge in [-0.15, -0.1) is 0 Å². The zero-order chi connectivity index (χ0) is 28.4. The third kappa shape index (κ3) is 5.74. The molecular weight excluding hydrogens is 529 g/mol. The molecule has 40 heavy (non-hydrogen) atoms. The summed E-state index contributed by atoms with van der Waals surface area (Å²) in [4.78, 5) is 30.0. The fourth-order valence-electron chi connectivity index (χ4n) is 4.91. The standard InChI is InChI=1S/C29H25F3N2O6/c30-29(31,32)19-3-7-20(8-4-19)39-22-9-10-24-23(15-22)27(28(37)38)25(16-26(35)36)34(24)40-21-5-1-17(2-6-21)18-11-13-33-14-12-18/h1-10,15,18,33H,11-14,16H2,(H,35,36)(H,37,38). The van der Waals surface area contributed by atoms with Crippen LogP contribution in [0, 0.1) is 0 Å². The number of nitrogens with zero attached hydrogens (tertiary/aromatic N) is 1. The average Bonchev–Trinajstić information content (AvgIpc) is 3.21. The number of carboxylic acid groups (broad SMARTS) is 2. The maximum atomic E-state index is 12.9. The molecule has 0 unspecified atom stereocenters. The van der Waals surface area contributed by atoms with Crippen LogP contribution in [0.1, 0.15) is 45.9 Å². The first kappa shape index (κ1) is 27.1. The number of aliphatic carboxylic acids is 1. The van der Waals surface area contributed by atoms with Crippen LogP contribution in [0.3, 0.4) is 0 Å². The Hall–Kier alpha value is -4.51. The van der Waals surface area contributed by atoms with Crippen LogP contribution in [0.2, 0.25) is 0 Å². The number of aromatic nitrogens is 1. The Morgan fingerprint density at radius 2 is 1.52 bits per heavy atom. The molecule has 0 saturated carbocycles. The number of carboxylic acids is 2. The SMILES string of the molecule is O=C(O)Cc1c(C(=O)O)c2cc(Oc3ccc(C(F)(F)F)cc3)ccc2n1Oc1ccc(C2CCNCC2)cc1. The number of piperidine rings is 1. The maximum Gasteiger partial charge on any atom is 0.416 e. The van der Waals surface area contributed by atoms with Gasteiger partial charge in [-0.25, -0.2) is 4.79 Å². The topological polar surface area (TPSA) is 110 Å². The van der Waals surface area contributed by atoms with Crippen molar-refractivity contribution in [2.24, 2.45) is 0 Å². The number of rotatable bonds is 8. The van der Waals surface area contributed by atoms with Gasteiger partial charge in [-0.2, -0.15) is 17.9 Å². The summed E-state index contributed by atoms with van der Waals surface area (Å²) in [6.45, 7) is 1.89. The van der Waals surface area contributed by atoms with E-state index >= 15 is 0 Å². The number of hydrogen-bond acceptors (Lipinski definition) is 5. The molecule has 1 aliphatic heterocycles. The summed E-state index contributed by atoms with van der Waals surface area (Å²) in [5, 5.41) is 23.0. The summed E-state index contributed by atoms with van der Waals surface area (Å²) in [6.07, 6.45) is -3.09. The van der Waals surface area contributed by atoms with Gasteiger partial charge in [-0.1, -0.05) is 12.1 Å². The molecule has 1 aromatic heterocycles. The Morgan fingerprint density at radius 3 is 2.12 bits per heavy atom. The van der Waals surface area contributed by atoms with Crippen LogP contribution in [-0.2, 0) is 17.4 Å². The normalized spacial score (nSPS) is 14.3. The predicted molar refractivity (Wildman–Crippen MR) is 139 cm³/mol. The van der Waals surface area contributed by atoms with Gasteiger partial charge in [0, 0.05) is 5.39 Å². The average molecular weight is 555 g/mol. The summed E-state index contributed by atoms with van der Waals surface area (Å²) in [7, 11) is 0. The highest BCUT2D eigenvalue weighted by Crippen LogP contribution is 2.35. The van der Waals surface area contributed by atoms with Crippen LogP contribution in [0.5, 0.6) is 17.2 Å². The highest BCUT2D eigenvalue weighted by atomic mass is 19.4. The van der Waals surface area contributed by atoms with Crippen LogP contribution in [-0.4, -0.2) is 40.0 Å². The Balaban J connectivity index is 1.50. The van der Waals surface area contributed by atoms with Crippen molar-refractivity contribution in [2.45, 2.75) is 31.4 Å². The van der Waals surface area contributed by atoms with E-state index in [4.69, 9.17) is 9.57 Å². The molecule has 0 aliphatic carbocycles. The lowest BCUT2D eigenvalue weighted by Crippen LogP contribution is -2.26. The number of aromatic carboxylic acids is 1. The fourth-order valence-corrected chi connectivity index (χ4v) is 4.91. The van der Waals surface area contributed by atoms with Gasteiger partial charge in [0.1, 0.15) is 11.5 Å². The lowest BCUT2D eigenvalue weighted by atomic mass is 9.90. The van der Waals surface area contributed by atoms with Gasteiger partial charge in [-0.05, 0) is 92.0 Å². The summed E-state index contributed by atoms with van der Waals surface area (Å²) < 4.78 is 45.5. The molecule has 0 spiro atoms. The van der Waals surface area contributed by atoms with E-state index in [2.05, 4.69) is 5.32 Å². The molecule has 0 amide bonds. The van der Waals surface area contributed by atoms with Gasteiger partial charge in [0.2, 0.25) is 0 Å². The number of halogens is 3. The highest BCUT2D eigenvalue weighted by Gasteiger charge is 2.30. The first-order chi connectivity index (χ1) is 19.1. The van der Waals surface area contributed by atoms with E-state index < -0.39 is 30.1 Å². The lowest BCUT2D eigenvalue weighted by Gasteiger charge is -2.23. The number of benzene rings is 3. The molecule has 0 radical (unpaired) electrons. The second-order valence-corrected chi connectivity index (χ2v) is 9.48. The van der Waals surface area contributed by atoms with Crippen molar-refractivity contribution in [3.05, 3.63) is 89.1 Å². The van der Waals surface area contributed by atoms with E-state index in [1.165, 1.54) is 22.9 Å². The molecule has 3 aromatic carbocycles. The largest absolute Gasteiger partial charge is 0.481 e. The van der Waals surface area contributed by atoms with Crippen molar-refractivity contribution in [3.63, 3.8) is 0 Å². The molecule has 4 aromatic rings. The van der Waals surface area contributed by atoms with Crippen LogP contribution in [0.4, 0.5) is 13.2 Å². The lowest BCUT2D eigenvalue weighted by molar-refractivity contribution is -0.138. The van der Waals surface area contributed by atoms with E-state index in [9.17, 15) is 33.0 Å². The number of fused-ring (bicyclic) bond motifs is 1. The van der Waals surface area contributed by atoms with Crippen LogP contribution in [0.25, 0.3) is 10.9 Å². The number of carbonyl (C=O) groups is 2. The van der Waals surface area contributed by atoms with E-state index in [1.54, 1.807) is 12.1 Å². The molecule has 1 saturated heterocycles. The monoisotopic (exact) mass is 554 g/mol. The molecule has 11 heteroatoms. The molecule has 0 atom stereocenters. The number of hydrogen-bond donors (Lipinski definition) is 3. The van der Waals surface area contributed by atoms with E-state index in [0.29, 0.717) is 11.7 Å². The first-order valence-electron chi connectivity index (χ1n) is 12.6. The molecule has 2 heterocycles. The molecular formula is C29H25F3N2O6. The first-order valence-corrected chi connectivity index (χ1v) is 12.6. The zero-order valence-corrected chi connectivity index (χ0v) is 21.1. The fraction of sp³-hybridized carbons (Fsp3) is 0.241. The second-order valence-electron chi connectivity index (χ2n) is 9.48. The third-order valence-corrected chi connectivity index (χ3v) is 6.83. The minimum absolute atomic E-state index is 0.0795. The Kier molecular flexibility index (Phi) is 7.40. The molecule has 5 rings (SSSR count). The van der Waals surface area contributed by atoms with Crippen molar-refractivity contribution >= 4 is 22.8 Å². The minimum Gasteiger partial charge on any atom is -0.481 e. The van der Waals surface area contributed by atoms with Gasteiger partial charge < -0.3 is 25.1 Å². The quantitative estimate of drug-likeness (QED) is 0.242. The van der Waals surface area contributed by atoms with Crippen LogP contribution in [0.15, 0.2) is 66.7 Å². The smallest absolute Gasteiger partial charge is 0.416 e. The van der Waals surface area contributed by atoms with Crippen molar-refractivity contribution < 1.29 is 42.5 Å². The number of alkyl halides is 3. The van der Waals surface area contributed by atoms with E-state index in [-0.39, 0.29) is 33.7 Å². The minimum atomic E-state index is -4.50. The van der Waals surface area contributed by atoms with Crippen molar-refractivity contribution in [1.29, 1.82) is 0 Å². The van der Waals surface area contributed by atoms with Gasteiger partial charge in [0.25, 0.3) is 0 Å². The van der Waals surface area contributed by atoms with Crippen LogP contribution < -0.4 is 14.9 Å². The summed E-state index contributed by atoms with van der Waals surface area (Å²) in [5.41, 5.74) is 0.259. The molecule has 8 nitrogen and oxygen atoms in total. The summed E-state index contributed by atoms with van der Waals surface area (Å²) in [5.74, 6) is -1.54. The summed E-state index contributed by atoms with van der Waals surface area (Å²) in [6, 6.07) is 15.9. The Bertz CT molecular complexity index is 1540. The second kappa shape index (κ2) is 10.9. The molecule has 1 fully saturated rings. The highest BCUT2D eigenvalue weighted by molar-refractivity contribution is 6.06. The molecule has 0 bridgehead atoms. The van der Waals surface area contributed by atoms with Gasteiger partial charge in [0.05, 0.1) is 28.8 Å². The van der Waals surface area contributed by atoms with Gasteiger partial charge in [-0.3, -0.25) is 4.79 Å². The van der Waals surface area contributed by atoms with Crippen molar-refractivity contribution in [1.82, 2.24) is 10.0 Å². The number of nitrogens with one attached hydrogen (secondary N) is 1. The maximum absolute atomic E-state index is 12.9. The zero-order valence-electron chi connectivity index (χ0n) is 21.1. The molecule has 208 valence electrons. The Labute approximate surface area is 226 Å². The van der Waals surface area contributed by atoms with E-state index in [0.717, 1.165) is 55.8 Å². The van der Waals surface area contributed by atoms with E-state index in [1.807, 2.05) is 12.1 Å². The summed E-state index contributed by atoms with van der Waals surface area (Å²) >= 11 is 0. The predicted octanol–water partition coefficient (Wildman–Crippen LogP) is 6.09. The molecule has 1 aliphatic rings. The van der Waals surface area contributed by atoms with Gasteiger partial charge in [0.15, 0.2) is 5.75 Å². The Morgan fingerprint density at radius 1 is 0.900 bits per heavy atom.